The maximum Gasteiger partial charge on any atom is 0.0471 e. The van der Waals surface area contributed by atoms with E-state index >= 15 is 0 Å². The number of halogens is 1. The molecule has 1 aromatic heterocycles. The summed E-state index contributed by atoms with van der Waals surface area (Å²) < 4.78 is 0. The van der Waals surface area contributed by atoms with Crippen LogP contribution in [-0.2, 0) is 0 Å². The Morgan fingerprint density at radius 3 is 2.81 bits per heavy atom. The lowest BCUT2D eigenvalue weighted by Gasteiger charge is -2.22. The number of H-pyrrole nitrogens is 1. The second-order valence-corrected chi connectivity index (χ2v) is 4.89. The predicted molar refractivity (Wildman–Crippen MR) is 68.2 cm³/mol. The van der Waals surface area contributed by atoms with Gasteiger partial charge in [-0.15, -0.1) is 0 Å². The molecule has 2 N–H and O–H groups in total. The molecule has 0 spiro atoms. The van der Waals surface area contributed by atoms with Crippen molar-refractivity contribution in [3.63, 3.8) is 0 Å². The Balaban J connectivity index is 2.03. The van der Waals surface area contributed by atoms with E-state index in [2.05, 4.69) is 22.6 Å². The molecule has 3 rings (SSSR count). The molecule has 0 aliphatic carbocycles. The fraction of sp³-hybridized carbons (Fsp3) is 0.385. The Labute approximate surface area is 100.0 Å². The molecule has 0 saturated carbocycles. The van der Waals surface area contributed by atoms with E-state index < -0.39 is 0 Å². The quantitative estimate of drug-likeness (QED) is 0.779. The summed E-state index contributed by atoms with van der Waals surface area (Å²) in [7, 11) is 0. The van der Waals surface area contributed by atoms with Crippen LogP contribution in [0.4, 0.5) is 0 Å². The lowest BCUT2D eigenvalue weighted by molar-refractivity contribution is 0.462. The van der Waals surface area contributed by atoms with E-state index in [1.807, 2.05) is 12.1 Å². The van der Waals surface area contributed by atoms with Crippen molar-refractivity contribution >= 4 is 22.5 Å². The SMILES string of the molecule is Clc1ccc2c(C3CCNCC3)c[nH]c2c1. The van der Waals surface area contributed by atoms with Gasteiger partial charge < -0.3 is 10.3 Å². The molecule has 2 heterocycles. The van der Waals surface area contributed by atoms with Gasteiger partial charge in [0.05, 0.1) is 0 Å². The van der Waals surface area contributed by atoms with Crippen LogP contribution in [0.1, 0.15) is 24.3 Å². The molecule has 0 amide bonds. The maximum absolute atomic E-state index is 5.98. The zero-order valence-corrected chi connectivity index (χ0v) is 9.85. The van der Waals surface area contributed by atoms with Gasteiger partial charge in [0.1, 0.15) is 0 Å². The lowest BCUT2D eigenvalue weighted by Crippen LogP contribution is -2.26. The average molecular weight is 235 g/mol. The second-order valence-electron chi connectivity index (χ2n) is 4.46. The molecule has 1 aliphatic heterocycles. The Morgan fingerprint density at radius 1 is 1.19 bits per heavy atom. The molecule has 0 bridgehead atoms. The maximum atomic E-state index is 5.98. The van der Waals surface area contributed by atoms with Crippen LogP contribution in [0.3, 0.4) is 0 Å². The Kier molecular flexibility index (Phi) is 2.62. The van der Waals surface area contributed by atoms with Crippen LogP contribution in [0, 0.1) is 0 Å². The molecule has 2 aromatic rings. The van der Waals surface area contributed by atoms with Crippen LogP contribution in [-0.4, -0.2) is 18.1 Å². The minimum Gasteiger partial charge on any atom is -0.361 e. The third-order valence-electron chi connectivity index (χ3n) is 3.45. The van der Waals surface area contributed by atoms with E-state index in [1.165, 1.54) is 23.8 Å². The first-order valence-corrected chi connectivity index (χ1v) is 6.19. The van der Waals surface area contributed by atoms with Crippen LogP contribution in [0.15, 0.2) is 24.4 Å². The molecule has 2 nitrogen and oxygen atoms in total. The normalized spacial score (nSPS) is 18.1. The van der Waals surface area contributed by atoms with Crippen molar-refractivity contribution in [1.82, 2.24) is 10.3 Å². The van der Waals surface area contributed by atoms with Gasteiger partial charge in [0.15, 0.2) is 0 Å². The van der Waals surface area contributed by atoms with Crippen molar-refractivity contribution in [2.24, 2.45) is 0 Å². The predicted octanol–water partition coefficient (Wildman–Crippen LogP) is 3.29. The van der Waals surface area contributed by atoms with Crippen molar-refractivity contribution in [3.8, 4) is 0 Å². The highest BCUT2D eigenvalue weighted by molar-refractivity contribution is 6.31. The first-order valence-electron chi connectivity index (χ1n) is 5.82. The number of hydrogen-bond donors (Lipinski definition) is 2. The smallest absolute Gasteiger partial charge is 0.0471 e. The molecule has 1 fully saturated rings. The van der Waals surface area contributed by atoms with Gasteiger partial charge in [-0.2, -0.15) is 0 Å². The summed E-state index contributed by atoms with van der Waals surface area (Å²) in [6.07, 6.45) is 4.61. The summed E-state index contributed by atoms with van der Waals surface area (Å²) in [4.78, 5) is 3.32. The summed E-state index contributed by atoms with van der Waals surface area (Å²) in [5.41, 5.74) is 2.61. The van der Waals surface area contributed by atoms with Crippen molar-refractivity contribution in [2.45, 2.75) is 18.8 Å². The van der Waals surface area contributed by atoms with E-state index in [4.69, 9.17) is 11.6 Å². The standard InChI is InChI=1S/C13H15ClN2/c14-10-1-2-11-12(8-16-13(11)7-10)9-3-5-15-6-4-9/h1-2,7-9,15-16H,3-6H2. The highest BCUT2D eigenvalue weighted by atomic mass is 35.5. The summed E-state index contributed by atoms with van der Waals surface area (Å²) in [5.74, 6) is 0.691. The number of fused-ring (bicyclic) bond motifs is 1. The van der Waals surface area contributed by atoms with Crippen LogP contribution < -0.4 is 5.32 Å². The van der Waals surface area contributed by atoms with Gasteiger partial charge in [-0.1, -0.05) is 17.7 Å². The van der Waals surface area contributed by atoms with Crippen LogP contribution >= 0.6 is 11.6 Å². The number of piperidine rings is 1. The number of benzene rings is 1. The van der Waals surface area contributed by atoms with Gasteiger partial charge in [-0.05, 0) is 49.5 Å². The molecule has 1 aliphatic rings. The zero-order chi connectivity index (χ0) is 11.0. The first kappa shape index (κ1) is 10.2. The molecule has 1 aromatic carbocycles. The summed E-state index contributed by atoms with van der Waals surface area (Å²) >= 11 is 5.98. The molecule has 3 heteroatoms. The van der Waals surface area contributed by atoms with Gasteiger partial charge in [0.25, 0.3) is 0 Å². The Morgan fingerprint density at radius 2 is 2.00 bits per heavy atom. The van der Waals surface area contributed by atoms with E-state index in [0.29, 0.717) is 5.92 Å². The summed E-state index contributed by atoms with van der Waals surface area (Å²) in [5, 5.41) is 5.53. The first-order chi connectivity index (χ1) is 7.84. The van der Waals surface area contributed by atoms with Crippen LogP contribution in [0.5, 0.6) is 0 Å². The van der Waals surface area contributed by atoms with Crippen molar-refractivity contribution in [3.05, 3.63) is 35.0 Å². The minimum absolute atomic E-state index is 0.691. The third-order valence-corrected chi connectivity index (χ3v) is 3.69. The molecule has 1 saturated heterocycles. The number of hydrogen-bond acceptors (Lipinski definition) is 1. The summed E-state index contributed by atoms with van der Waals surface area (Å²) in [6, 6.07) is 6.11. The van der Waals surface area contributed by atoms with Gasteiger partial charge in [-0.25, -0.2) is 0 Å². The number of aromatic nitrogens is 1. The van der Waals surface area contributed by atoms with E-state index in [0.717, 1.165) is 23.6 Å². The van der Waals surface area contributed by atoms with Gasteiger partial charge in [0, 0.05) is 22.1 Å². The fourth-order valence-corrected chi connectivity index (χ4v) is 2.76. The van der Waals surface area contributed by atoms with E-state index in [1.54, 1.807) is 0 Å². The molecular weight excluding hydrogens is 220 g/mol. The lowest BCUT2D eigenvalue weighted by atomic mass is 9.90. The Bertz CT molecular complexity index is 498. The molecule has 0 radical (unpaired) electrons. The van der Waals surface area contributed by atoms with Crippen LogP contribution in [0.25, 0.3) is 10.9 Å². The molecule has 0 atom stereocenters. The number of rotatable bonds is 1. The average Bonchev–Trinajstić information content (AvgIpc) is 2.73. The Hall–Kier alpha value is -0.990. The monoisotopic (exact) mass is 234 g/mol. The molecular formula is C13H15ClN2. The zero-order valence-electron chi connectivity index (χ0n) is 9.09. The van der Waals surface area contributed by atoms with Gasteiger partial charge >= 0.3 is 0 Å². The minimum atomic E-state index is 0.691. The topological polar surface area (TPSA) is 27.8 Å². The van der Waals surface area contributed by atoms with E-state index in [-0.39, 0.29) is 0 Å². The fourth-order valence-electron chi connectivity index (χ4n) is 2.59. The van der Waals surface area contributed by atoms with Crippen molar-refractivity contribution < 1.29 is 0 Å². The molecule has 16 heavy (non-hydrogen) atoms. The highest BCUT2D eigenvalue weighted by Gasteiger charge is 2.18. The van der Waals surface area contributed by atoms with Gasteiger partial charge in [0.2, 0.25) is 0 Å². The third kappa shape index (κ3) is 1.72. The highest BCUT2D eigenvalue weighted by Crippen LogP contribution is 2.32. The van der Waals surface area contributed by atoms with Crippen molar-refractivity contribution in [1.29, 1.82) is 0 Å². The van der Waals surface area contributed by atoms with Crippen molar-refractivity contribution in [2.75, 3.05) is 13.1 Å². The van der Waals surface area contributed by atoms with Crippen LogP contribution in [0.2, 0.25) is 5.02 Å². The number of aromatic amines is 1. The molecule has 84 valence electrons. The largest absolute Gasteiger partial charge is 0.361 e. The number of nitrogens with one attached hydrogen (secondary N) is 2. The van der Waals surface area contributed by atoms with Gasteiger partial charge in [-0.3, -0.25) is 0 Å². The summed E-state index contributed by atoms with van der Waals surface area (Å²) in [6.45, 7) is 2.26. The second kappa shape index (κ2) is 4.11. The van der Waals surface area contributed by atoms with E-state index in [9.17, 15) is 0 Å². The molecule has 0 unspecified atom stereocenters.